The average Bonchev–Trinajstić information content (AvgIpc) is 2.31. The maximum Gasteiger partial charge on any atom is 0.315 e. The Labute approximate surface area is 102 Å². The molecule has 0 radical (unpaired) electrons. The van der Waals surface area contributed by atoms with Crippen LogP contribution in [0.2, 0.25) is 0 Å². The highest BCUT2D eigenvalue weighted by molar-refractivity contribution is 5.74. The lowest BCUT2D eigenvalue weighted by atomic mass is 9.93. The average molecular weight is 233 g/mol. The predicted molar refractivity (Wildman–Crippen MR) is 66.6 cm³/mol. The molecule has 1 aromatic heterocycles. The van der Waals surface area contributed by atoms with E-state index in [4.69, 9.17) is 0 Å². The van der Waals surface area contributed by atoms with Gasteiger partial charge >= 0.3 is 6.03 Å². The molecular weight excluding hydrogens is 214 g/mol. The van der Waals surface area contributed by atoms with Crippen LogP contribution in [0.5, 0.6) is 0 Å². The Morgan fingerprint density at radius 3 is 3.00 bits per heavy atom. The molecule has 0 atom stereocenters. The van der Waals surface area contributed by atoms with Crippen molar-refractivity contribution in [1.82, 2.24) is 15.6 Å². The summed E-state index contributed by atoms with van der Waals surface area (Å²) in [5, 5.41) is 5.81. The van der Waals surface area contributed by atoms with Crippen molar-refractivity contribution in [2.45, 2.75) is 45.2 Å². The van der Waals surface area contributed by atoms with E-state index in [0.717, 1.165) is 25.0 Å². The van der Waals surface area contributed by atoms with Crippen LogP contribution in [-0.4, -0.2) is 17.1 Å². The maximum absolute atomic E-state index is 11.6. The highest BCUT2D eigenvalue weighted by Crippen LogP contribution is 2.17. The molecule has 1 fully saturated rings. The number of nitrogens with one attached hydrogen (secondary N) is 2. The van der Waals surface area contributed by atoms with Gasteiger partial charge in [0.1, 0.15) is 0 Å². The third kappa shape index (κ3) is 3.19. The predicted octanol–water partition coefficient (Wildman–Crippen LogP) is 2.00. The van der Waals surface area contributed by atoms with E-state index in [0.29, 0.717) is 12.6 Å². The molecule has 2 amide bonds. The highest BCUT2D eigenvalue weighted by atomic mass is 16.2. The number of rotatable bonds is 4. The molecule has 0 bridgehead atoms. The molecule has 2 N–H and O–H groups in total. The number of pyridine rings is 1. The van der Waals surface area contributed by atoms with E-state index in [1.807, 2.05) is 12.1 Å². The van der Waals surface area contributed by atoms with Crippen molar-refractivity contribution in [2.24, 2.45) is 0 Å². The second-order valence-electron chi connectivity index (χ2n) is 4.42. The lowest BCUT2D eigenvalue weighted by Gasteiger charge is -2.26. The van der Waals surface area contributed by atoms with Gasteiger partial charge < -0.3 is 10.6 Å². The molecule has 4 nitrogen and oxygen atoms in total. The van der Waals surface area contributed by atoms with Crippen LogP contribution in [0, 0.1) is 0 Å². The Bertz CT molecular complexity index is 388. The number of amides is 2. The molecule has 0 spiro atoms. The minimum Gasteiger partial charge on any atom is -0.335 e. The van der Waals surface area contributed by atoms with Crippen molar-refractivity contribution in [3.05, 3.63) is 29.6 Å². The van der Waals surface area contributed by atoms with E-state index in [1.54, 1.807) is 6.20 Å². The smallest absolute Gasteiger partial charge is 0.315 e. The Balaban J connectivity index is 1.81. The third-order valence-electron chi connectivity index (χ3n) is 3.22. The van der Waals surface area contributed by atoms with E-state index in [1.165, 1.54) is 12.0 Å². The van der Waals surface area contributed by atoms with Gasteiger partial charge in [0.15, 0.2) is 0 Å². The van der Waals surface area contributed by atoms with Crippen LogP contribution < -0.4 is 10.6 Å². The normalized spacial score (nSPS) is 15.1. The summed E-state index contributed by atoms with van der Waals surface area (Å²) in [7, 11) is 0. The monoisotopic (exact) mass is 233 g/mol. The topological polar surface area (TPSA) is 54.0 Å². The molecule has 17 heavy (non-hydrogen) atoms. The first-order valence-electron chi connectivity index (χ1n) is 6.26. The summed E-state index contributed by atoms with van der Waals surface area (Å²) in [6.07, 6.45) is 6.15. The van der Waals surface area contributed by atoms with E-state index in [-0.39, 0.29) is 6.03 Å². The molecular formula is C13H19N3O. The van der Waals surface area contributed by atoms with Gasteiger partial charge in [-0.25, -0.2) is 4.79 Å². The van der Waals surface area contributed by atoms with Crippen LogP contribution in [0.3, 0.4) is 0 Å². The lowest BCUT2D eigenvalue weighted by molar-refractivity contribution is 0.228. The van der Waals surface area contributed by atoms with Gasteiger partial charge in [0.25, 0.3) is 0 Å². The highest BCUT2D eigenvalue weighted by Gasteiger charge is 2.19. The van der Waals surface area contributed by atoms with Gasteiger partial charge in [-0.3, -0.25) is 4.98 Å². The van der Waals surface area contributed by atoms with E-state index in [9.17, 15) is 4.79 Å². The molecule has 1 aliphatic carbocycles. The molecule has 1 saturated carbocycles. The summed E-state index contributed by atoms with van der Waals surface area (Å²) >= 11 is 0. The second kappa shape index (κ2) is 5.66. The van der Waals surface area contributed by atoms with Gasteiger partial charge in [0.05, 0.1) is 12.2 Å². The zero-order valence-corrected chi connectivity index (χ0v) is 10.2. The van der Waals surface area contributed by atoms with Gasteiger partial charge in [-0.15, -0.1) is 0 Å². The number of nitrogens with zero attached hydrogens (tertiary/aromatic N) is 1. The Kier molecular flexibility index (Phi) is 3.96. The van der Waals surface area contributed by atoms with E-state index >= 15 is 0 Å². The number of aryl methyl sites for hydroxylation is 1. The van der Waals surface area contributed by atoms with Crippen molar-refractivity contribution >= 4 is 6.03 Å². The van der Waals surface area contributed by atoms with Crippen molar-refractivity contribution in [3.63, 3.8) is 0 Å². The summed E-state index contributed by atoms with van der Waals surface area (Å²) < 4.78 is 0. The number of aromatic nitrogens is 1. The van der Waals surface area contributed by atoms with Crippen LogP contribution >= 0.6 is 0 Å². The molecule has 0 saturated heterocycles. The fourth-order valence-electron chi connectivity index (χ4n) is 1.91. The lowest BCUT2D eigenvalue weighted by Crippen LogP contribution is -2.45. The Morgan fingerprint density at radius 1 is 1.53 bits per heavy atom. The molecule has 0 unspecified atom stereocenters. The number of carbonyl (C=O) groups excluding carboxylic acids is 1. The number of hydrogen-bond acceptors (Lipinski definition) is 2. The number of carbonyl (C=O) groups is 1. The van der Waals surface area contributed by atoms with Crippen LogP contribution in [0.25, 0.3) is 0 Å². The fraction of sp³-hybridized carbons (Fsp3) is 0.538. The molecule has 92 valence electrons. The third-order valence-corrected chi connectivity index (χ3v) is 3.22. The standard InChI is InChI=1S/C13H19N3O/c1-2-10-5-4-8-14-12(10)9-15-13(17)16-11-6-3-7-11/h4-5,8,11H,2-3,6-7,9H2,1H3,(H2,15,16,17). The first-order chi connectivity index (χ1) is 8.29. The zero-order valence-electron chi connectivity index (χ0n) is 10.2. The van der Waals surface area contributed by atoms with Gasteiger partial charge in [0.2, 0.25) is 0 Å². The Hall–Kier alpha value is -1.58. The summed E-state index contributed by atoms with van der Waals surface area (Å²) in [5.74, 6) is 0. The quantitative estimate of drug-likeness (QED) is 0.835. The Morgan fingerprint density at radius 2 is 2.35 bits per heavy atom. The molecule has 0 aliphatic heterocycles. The molecule has 1 aliphatic rings. The molecule has 0 aromatic carbocycles. The van der Waals surface area contributed by atoms with Gasteiger partial charge in [-0.1, -0.05) is 13.0 Å². The summed E-state index contributed by atoms with van der Waals surface area (Å²) in [5.41, 5.74) is 2.15. The largest absolute Gasteiger partial charge is 0.335 e. The van der Waals surface area contributed by atoms with Crippen molar-refractivity contribution in [1.29, 1.82) is 0 Å². The summed E-state index contributed by atoms with van der Waals surface area (Å²) in [6.45, 7) is 2.59. The van der Waals surface area contributed by atoms with Gasteiger partial charge in [-0.05, 0) is 37.3 Å². The first-order valence-corrected chi connectivity index (χ1v) is 6.26. The van der Waals surface area contributed by atoms with Crippen LogP contribution in [0.1, 0.15) is 37.4 Å². The van der Waals surface area contributed by atoms with Crippen molar-refractivity contribution < 1.29 is 4.79 Å². The van der Waals surface area contributed by atoms with E-state index < -0.39 is 0 Å². The fourth-order valence-corrected chi connectivity index (χ4v) is 1.91. The van der Waals surface area contributed by atoms with Crippen LogP contribution in [0.15, 0.2) is 18.3 Å². The molecule has 1 heterocycles. The van der Waals surface area contributed by atoms with Crippen LogP contribution in [-0.2, 0) is 13.0 Å². The maximum atomic E-state index is 11.6. The second-order valence-corrected chi connectivity index (χ2v) is 4.42. The number of hydrogen-bond donors (Lipinski definition) is 2. The SMILES string of the molecule is CCc1cccnc1CNC(=O)NC1CCC1. The summed E-state index contributed by atoms with van der Waals surface area (Å²) in [4.78, 5) is 15.9. The molecule has 2 rings (SSSR count). The first kappa shape index (κ1) is 11.9. The van der Waals surface area contributed by atoms with Crippen molar-refractivity contribution in [3.8, 4) is 0 Å². The minimum absolute atomic E-state index is 0.0811. The molecule has 4 heteroatoms. The van der Waals surface area contributed by atoms with Gasteiger partial charge in [-0.2, -0.15) is 0 Å². The van der Waals surface area contributed by atoms with Crippen LogP contribution in [0.4, 0.5) is 4.79 Å². The minimum atomic E-state index is -0.0811. The van der Waals surface area contributed by atoms with E-state index in [2.05, 4.69) is 22.5 Å². The van der Waals surface area contributed by atoms with Crippen molar-refractivity contribution in [2.75, 3.05) is 0 Å². The van der Waals surface area contributed by atoms with Gasteiger partial charge in [0, 0.05) is 12.2 Å². The zero-order chi connectivity index (χ0) is 12.1. The number of urea groups is 1. The summed E-state index contributed by atoms with van der Waals surface area (Å²) in [6, 6.07) is 4.27. The molecule has 1 aromatic rings.